The Kier molecular flexibility index (Phi) is 5.42. The third-order valence-electron chi connectivity index (χ3n) is 3.80. The van der Waals surface area contributed by atoms with Crippen LogP contribution in [-0.2, 0) is 13.1 Å². The molecule has 19 heavy (non-hydrogen) atoms. The molecule has 108 valence electrons. The van der Waals surface area contributed by atoms with Gasteiger partial charge in [0, 0.05) is 25.7 Å². The fraction of sp³-hybridized carbons (Fsp3) is 0.786. The van der Waals surface area contributed by atoms with Crippen molar-refractivity contribution in [2.75, 3.05) is 19.6 Å². The normalized spacial score (nSPS) is 18.1. The maximum Gasteiger partial charge on any atom is 0.0739 e. The molecule has 1 aromatic heterocycles. The van der Waals surface area contributed by atoms with Crippen molar-refractivity contribution < 1.29 is 0 Å². The summed E-state index contributed by atoms with van der Waals surface area (Å²) >= 11 is 3.65. The Morgan fingerprint density at radius 2 is 2.05 bits per heavy atom. The maximum atomic E-state index is 4.53. The Balaban J connectivity index is 1.87. The molecule has 0 amide bonds. The minimum Gasteiger partial charge on any atom is -0.307 e. The fourth-order valence-corrected chi connectivity index (χ4v) is 3.15. The Morgan fingerprint density at radius 1 is 1.37 bits per heavy atom. The van der Waals surface area contributed by atoms with E-state index in [1.807, 2.05) is 6.92 Å². The van der Waals surface area contributed by atoms with Crippen LogP contribution in [0.2, 0.25) is 0 Å². The number of nitrogens with zero attached hydrogens (tertiary/aromatic N) is 3. The van der Waals surface area contributed by atoms with Crippen molar-refractivity contribution >= 4 is 15.9 Å². The van der Waals surface area contributed by atoms with Gasteiger partial charge >= 0.3 is 0 Å². The lowest BCUT2D eigenvalue weighted by Crippen LogP contribution is -2.38. The molecule has 5 heteroatoms. The van der Waals surface area contributed by atoms with E-state index in [0.29, 0.717) is 6.04 Å². The van der Waals surface area contributed by atoms with Gasteiger partial charge in [0.05, 0.1) is 15.9 Å². The summed E-state index contributed by atoms with van der Waals surface area (Å²) in [6.45, 7) is 11.9. The second-order valence-electron chi connectivity index (χ2n) is 5.45. The topological polar surface area (TPSA) is 33.1 Å². The van der Waals surface area contributed by atoms with Crippen LogP contribution in [0.1, 0.15) is 38.1 Å². The SMILES string of the molecule is CCn1nc(C)c(Br)c1CNC(C)CN1CCCC1. The molecule has 1 unspecified atom stereocenters. The lowest BCUT2D eigenvalue weighted by Gasteiger charge is -2.21. The minimum atomic E-state index is 0.519. The first-order chi connectivity index (χ1) is 9.11. The number of likely N-dealkylation sites (tertiary alicyclic amines) is 1. The average Bonchev–Trinajstić information content (AvgIpc) is 2.97. The summed E-state index contributed by atoms with van der Waals surface area (Å²) < 4.78 is 3.23. The van der Waals surface area contributed by atoms with Gasteiger partial charge in [0.2, 0.25) is 0 Å². The van der Waals surface area contributed by atoms with Crippen molar-refractivity contribution in [2.24, 2.45) is 0 Å². The smallest absolute Gasteiger partial charge is 0.0739 e. The van der Waals surface area contributed by atoms with Gasteiger partial charge in [-0.2, -0.15) is 5.10 Å². The molecule has 4 nitrogen and oxygen atoms in total. The summed E-state index contributed by atoms with van der Waals surface area (Å²) in [7, 11) is 0. The minimum absolute atomic E-state index is 0.519. The molecular formula is C14H25BrN4. The summed E-state index contributed by atoms with van der Waals surface area (Å²) in [5.41, 5.74) is 2.33. The highest BCUT2D eigenvalue weighted by atomic mass is 79.9. The lowest BCUT2D eigenvalue weighted by atomic mass is 10.3. The Hall–Kier alpha value is -0.390. The number of aryl methyl sites for hydroxylation is 2. The van der Waals surface area contributed by atoms with Crippen LogP contribution in [-0.4, -0.2) is 40.4 Å². The monoisotopic (exact) mass is 328 g/mol. The van der Waals surface area contributed by atoms with E-state index in [9.17, 15) is 0 Å². The van der Waals surface area contributed by atoms with Gasteiger partial charge in [0.1, 0.15) is 0 Å². The van der Waals surface area contributed by atoms with Crippen LogP contribution in [0.5, 0.6) is 0 Å². The highest BCUT2D eigenvalue weighted by molar-refractivity contribution is 9.10. The standard InChI is InChI=1S/C14H25BrN4/c1-4-19-13(14(15)12(3)17-19)9-16-11(2)10-18-7-5-6-8-18/h11,16H,4-10H2,1-3H3. The Bertz CT molecular complexity index is 410. The molecule has 0 spiro atoms. The number of halogens is 1. The molecule has 1 aliphatic heterocycles. The predicted molar refractivity (Wildman–Crippen MR) is 82.3 cm³/mol. The molecule has 2 heterocycles. The van der Waals surface area contributed by atoms with Crippen LogP contribution in [0.4, 0.5) is 0 Å². The van der Waals surface area contributed by atoms with E-state index in [2.05, 4.69) is 49.8 Å². The fourth-order valence-electron chi connectivity index (χ4n) is 2.73. The first-order valence-electron chi connectivity index (χ1n) is 7.29. The Morgan fingerprint density at radius 3 is 2.68 bits per heavy atom. The van der Waals surface area contributed by atoms with E-state index in [-0.39, 0.29) is 0 Å². The van der Waals surface area contributed by atoms with E-state index in [4.69, 9.17) is 0 Å². The van der Waals surface area contributed by atoms with Crippen LogP contribution in [0.25, 0.3) is 0 Å². The van der Waals surface area contributed by atoms with Crippen LogP contribution in [0.15, 0.2) is 4.47 Å². The summed E-state index contributed by atoms with van der Waals surface area (Å²) in [6, 6.07) is 0.519. The van der Waals surface area contributed by atoms with Crippen molar-refractivity contribution in [1.29, 1.82) is 0 Å². The summed E-state index contributed by atoms with van der Waals surface area (Å²) in [6.07, 6.45) is 2.72. The molecule has 1 aromatic rings. The quantitative estimate of drug-likeness (QED) is 0.871. The van der Waals surface area contributed by atoms with Gasteiger partial charge in [0.15, 0.2) is 0 Å². The van der Waals surface area contributed by atoms with Crippen molar-refractivity contribution in [1.82, 2.24) is 20.0 Å². The summed E-state index contributed by atoms with van der Waals surface area (Å²) in [5, 5.41) is 8.15. The number of rotatable bonds is 6. The molecule has 1 saturated heterocycles. The van der Waals surface area contributed by atoms with Crippen LogP contribution >= 0.6 is 15.9 Å². The van der Waals surface area contributed by atoms with Gasteiger partial charge in [-0.1, -0.05) is 0 Å². The molecule has 1 fully saturated rings. The molecule has 2 rings (SSSR count). The molecule has 0 aliphatic carbocycles. The van der Waals surface area contributed by atoms with E-state index in [0.717, 1.165) is 29.8 Å². The summed E-state index contributed by atoms with van der Waals surface area (Å²) in [4.78, 5) is 2.55. The molecule has 0 bridgehead atoms. The molecule has 1 N–H and O–H groups in total. The lowest BCUT2D eigenvalue weighted by molar-refractivity contribution is 0.297. The van der Waals surface area contributed by atoms with Gasteiger partial charge in [-0.05, 0) is 62.6 Å². The molecule has 0 radical (unpaired) electrons. The number of aromatic nitrogens is 2. The van der Waals surface area contributed by atoms with Crippen LogP contribution in [0, 0.1) is 6.92 Å². The molecule has 0 saturated carbocycles. The van der Waals surface area contributed by atoms with Gasteiger partial charge in [-0.15, -0.1) is 0 Å². The van der Waals surface area contributed by atoms with Crippen molar-refractivity contribution in [3.63, 3.8) is 0 Å². The van der Waals surface area contributed by atoms with E-state index in [1.54, 1.807) is 0 Å². The number of hydrogen-bond acceptors (Lipinski definition) is 3. The van der Waals surface area contributed by atoms with E-state index >= 15 is 0 Å². The zero-order valence-corrected chi connectivity index (χ0v) is 13.8. The largest absolute Gasteiger partial charge is 0.307 e. The van der Waals surface area contributed by atoms with Crippen molar-refractivity contribution in [2.45, 2.75) is 52.7 Å². The van der Waals surface area contributed by atoms with Gasteiger partial charge in [0.25, 0.3) is 0 Å². The second-order valence-corrected chi connectivity index (χ2v) is 6.24. The van der Waals surface area contributed by atoms with Crippen molar-refractivity contribution in [3.8, 4) is 0 Å². The average molecular weight is 329 g/mol. The zero-order chi connectivity index (χ0) is 13.8. The highest BCUT2D eigenvalue weighted by Crippen LogP contribution is 2.21. The number of nitrogens with one attached hydrogen (secondary N) is 1. The number of hydrogen-bond donors (Lipinski definition) is 1. The van der Waals surface area contributed by atoms with Gasteiger partial charge in [-0.25, -0.2) is 0 Å². The highest BCUT2D eigenvalue weighted by Gasteiger charge is 2.16. The predicted octanol–water partition coefficient (Wildman–Crippen LogP) is 2.55. The van der Waals surface area contributed by atoms with Crippen molar-refractivity contribution in [3.05, 3.63) is 15.9 Å². The third kappa shape index (κ3) is 3.80. The first-order valence-corrected chi connectivity index (χ1v) is 8.08. The van der Waals surface area contributed by atoms with Gasteiger partial charge < -0.3 is 10.2 Å². The zero-order valence-electron chi connectivity index (χ0n) is 12.2. The van der Waals surface area contributed by atoms with E-state index in [1.165, 1.54) is 31.6 Å². The van der Waals surface area contributed by atoms with Crippen LogP contribution in [0.3, 0.4) is 0 Å². The third-order valence-corrected chi connectivity index (χ3v) is 4.83. The Labute approximate surface area is 124 Å². The summed E-state index contributed by atoms with van der Waals surface area (Å²) in [5.74, 6) is 0. The van der Waals surface area contributed by atoms with E-state index < -0.39 is 0 Å². The molecular weight excluding hydrogens is 304 g/mol. The molecule has 1 aliphatic rings. The second kappa shape index (κ2) is 6.86. The molecule has 0 aromatic carbocycles. The first kappa shape index (κ1) is 15.0. The maximum absolute atomic E-state index is 4.53. The van der Waals surface area contributed by atoms with Crippen LogP contribution < -0.4 is 5.32 Å². The molecule has 1 atom stereocenters. The van der Waals surface area contributed by atoms with Gasteiger partial charge in [-0.3, -0.25) is 4.68 Å².